The molecule has 3 aromatic carbocycles. The Bertz CT molecular complexity index is 1520. The van der Waals surface area contributed by atoms with Gasteiger partial charge in [-0.15, -0.1) is 0 Å². The van der Waals surface area contributed by atoms with Gasteiger partial charge in [0.1, 0.15) is 17.3 Å². The number of halogens is 1. The van der Waals surface area contributed by atoms with E-state index in [1.54, 1.807) is 14.2 Å². The van der Waals surface area contributed by atoms with Gasteiger partial charge in [-0.3, -0.25) is 4.79 Å². The molecule has 0 saturated carbocycles. The zero-order chi connectivity index (χ0) is 27.5. The predicted octanol–water partition coefficient (Wildman–Crippen LogP) is 5.47. The highest BCUT2D eigenvalue weighted by Crippen LogP contribution is 2.34. The highest BCUT2D eigenvalue weighted by molar-refractivity contribution is 6.31. The van der Waals surface area contributed by atoms with Crippen LogP contribution in [0.15, 0.2) is 60.7 Å². The number of ether oxygens (including phenoxy) is 4. The van der Waals surface area contributed by atoms with E-state index in [1.807, 2.05) is 78.5 Å². The van der Waals surface area contributed by atoms with E-state index >= 15 is 0 Å². The molecule has 0 radical (unpaired) electrons. The van der Waals surface area contributed by atoms with E-state index in [2.05, 4.69) is 6.07 Å². The summed E-state index contributed by atoms with van der Waals surface area (Å²) < 4.78 is 22.0. The van der Waals surface area contributed by atoms with E-state index in [4.69, 9.17) is 35.5 Å². The fourth-order valence-electron chi connectivity index (χ4n) is 4.67. The Balaban J connectivity index is 1.52. The largest absolute Gasteiger partial charge is 0.497 e. The lowest BCUT2D eigenvalue weighted by Gasteiger charge is -2.26. The lowest BCUT2D eigenvalue weighted by molar-refractivity contribution is -0.131. The number of pyridine rings is 1. The Morgan fingerprint density at radius 1 is 0.923 bits per heavy atom. The second-order valence-corrected chi connectivity index (χ2v) is 9.93. The molecule has 0 N–H and O–H groups in total. The molecule has 8 nitrogen and oxygen atoms in total. The van der Waals surface area contributed by atoms with Gasteiger partial charge in [-0.05, 0) is 54.1 Å². The molecule has 9 heteroatoms. The van der Waals surface area contributed by atoms with Crippen molar-refractivity contribution >= 4 is 34.2 Å². The van der Waals surface area contributed by atoms with Gasteiger partial charge in [-0.1, -0.05) is 23.7 Å². The number of methoxy groups -OCH3 is 2. The van der Waals surface area contributed by atoms with Crippen molar-refractivity contribution in [3.8, 4) is 23.0 Å². The topological polar surface area (TPSA) is 73.4 Å². The first-order chi connectivity index (χ1) is 18.8. The minimum Gasteiger partial charge on any atom is -0.497 e. The predicted molar refractivity (Wildman–Crippen MR) is 151 cm³/mol. The fraction of sp³-hybridized carbons (Fsp3) is 0.267. The molecule has 39 heavy (non-hydrogen) atoms. The molecular weight excluding hydrogens is 518 g/mol. The molecule has 1 aromatic heterocycles. The molecule has 5 rings (SSSR count). The minimum absolute atomic E-state index is 0.0693. The summed E-state index contributed by atoms with van der Waals surface area (Å²) in [5, 5.41) is 1.57. The smallest absolute Gasteiger partial charge is 0.231 e. The monoisotopic (exact) mass is 547 g/mol. The number of fused-ring (bicyclic) bond motifs is 2. The third-order valence-corrected chi connectivity index (χ3v) is 6.85. The van der Waals surface area contributed by atoms with Crippen LogP contribution < -0.4 is 23.8 Å². The fourth-order valence-corrected chi connectivity index (χ4v) is 4.84. The summed E-state index contributed by atoms with van der Waals surface area (Å²) in [5.41, 5.74) is 3.39. The number of benzene rings is 3. The first-order valence-electron chi connectivity index (χ1n) is 12.5. The van der Waals surface area contributed by atoms with Crippen molar-refractivity contribution in [1.82, 2.24) is 9.88 Å². The van der Waals surface area contributed by atoms with E-state index < -0.39 is 0 Å². The van der Waals surface area contributed by atoms with Crippen LogP contribution in [0.25, 0.3) is 10.9 Å². The first kappa shape index (κ1) is 26.4. The van der Waals surface area contributed by atoms with Gasteiger partial charge in [0.15, 0.2) is 11.5 Å². The zero-order valence-corrected chi connectivity index (χ0v) is 23.1. The molecule has 1 aliphatic rings. The Labute approximate surface area is 232 Å². The molecule has 0 aliphatic carbocycles. The molecule has 0 saturated heterocycles. The average molecular weight is 548 g/mol. The van der Waals surface area contributed by atoms with Gasteiger partial charge in [0, 0.05) is 48.7 Å². The molecule has 1 aliphatic heterocycles. The summed E-state index contributed by atoms with van der Waals surface area (Å²) in [5.74, 6) is 3.36. The van der Waals surface area contributed by atoms with Crippen molar-refractivity contribution in [2.45, 2.75) is 19.5 Å². The second kappa shape index (κ2) is 11.3. The number of hydrogen-bond acceptors (Lipinski definition) is 7. The number of nitrogens with zero attached hydrogens (tertiary/aromatic N) is 3. The van der Waals surface area contributed by atoms with Crippen molar-refractivity contribution in [3.63, 3.8) is 0 Å². The van der Waals surface area contributed by atoms with Crippen molar-refractivity contribution in [3.05, 3.63) is 82.4 Å². The van der Waals surface area contributed by atoms with E-state index in [1.165, 1.54) is 0 Å². The minimum atomic E-state index is -0.0693. The van der Waals surface area contributed by atoms with E-state index in [0.717, 1.165) is 33.4 Å². The van der Waals surface area contributed by atoms with Crippen LogP contribution in [0, 0.1) is 0 Å². The van der Waals surface area contributed by atoms with Gasteiger partial charge in [0.05, 0.1) is 26.2 Å². The molecule has 0 atom stereocenters. The third-order valence-electron chi connectivity index (χ3n) is 6.61. The zero-order valence-electron chi connectivity index (χ0n) is 22.4. The van der Waals surface area contributed by atoms with Crippen molar-refractivity contribution in [1.29, 1.82) is 0 Å². The Morgan fingerprint density at radius 3 is 2.51 bits per heavy atom. The summed E-state index contributed by atoms with van der Waals surface area (Å²) in [6.45, 7) is 0.905. The molecule has 0 unspecified atom stereocenters. The molecule has 1 amide bonds. The molecule has 4 aromatic rings. The Morgan fingerprint density at radius 2 is 1.74 bits per heavy atom. The summed E-state index contributed by atoms with van der Waals surface area (Å²) in [6, 6.07) is 18.9. The number of rotatable bonds is 9. The van der Waals surface area contributed by atoms with E-state index in [9.17, 15) is 4.79 Å². The SMILES string of the molecule is COc1ccc(OC)c(CC(=O)N(Cc2ccc3c(c2)OCO3)Cc2cc3ccc(Cl)cc3nc2N(C)C)c1. The second-order valence-electron chi connectivity index (χ2n) is 9.49. The molecule has 2 heterocycles. The van der Waals surface area contributed by atoms with Crippen LogP contribution in [0.5, 0.6) is 23.0 Å². The van der Waals surface area contributed by atoms with Crippen LogP contribution in [0.2, 0.25) is 5.02 Å². The van der Waals surface area contributed by atoms with Crippen LogP contribution in [-0.2, 0) is 24.3 Å². The number of carbonyl (C=O) groups excluding carboxylic acids is 1. The standard InChI is InChI=1S/C30H30ClN3O5/c1-33(2)30-22(12-20-6-7-23(31)15-25(20)32-30)17-34(16-19-5-9-27-28(11-19)39-18-38-27)29(35)14-21-13-24(36-3)8-10-26(21)37-4/h5-13,15H,14,16-18H2,1-4H3. The normalized spacial score (nSPS) is 11.9. The van der Waals surface area contributed by atoms with Crippen molar-refractivity contribution < 1.29 is 23.7 Å². The van der Waals surface area contributed by atoms with Crippen LogP contribution in [0.3, 0.4) is 0 Å². The van der Waals surface area contributed by atoms with E-state index in [-0.39, 0.29) is 19.1 Å². The maximum Gasteiger partial charge on any atom is 0.231 e. The average Bonchev–Trinajstić information content (AvgIpc) is 3.40. The summed E-state index contributed by atoms with van der Waals surface area (Å²) in [7, 11) is 7.07. The summed E-state index contributed by atoms with van der Waals surface area (Å²) in [4.78, 5) is 22.6. The molecule has 0 bridgehead atoms. The van der Waals surface area contributed by atoms with Crippen LogP contribution in [0.1, 0.15) is 16.7 Å². The Hall–Kier alpha value is -4.17. The quantitative estimate of drug-likeness (QED) is 0.275. The third kappa shape index (κ3) is 5.81. The maximum atomic E-state index is 13.9. The van der Waals surface area contributed by atoms with Gasteiger partial charge in [0.25, 0.3) is 0 Å². The summed E-state index contributed by atoms with van der Waals surface area (Å²) >= 11 is 6.23. The number of hydrogen-bond donors (Lipinski definition) is 0. The van der Waals surface area contributed by atoms with Gasteiger partial charge in [-0.2, -0.15) is 0 Å². The number of anilines is 1. The molecule has 0 fully saturated rings. The molecular formula is C30H30ClN3O5. The highest BCUT2D eigenvalue weighted by Gasteiger charge is 2.22. The van der Waals surface area contributed by atoms with Crippen LogP contribution >= 0.6 is 11.6 Å². The van der Waals surface area contributed by atoms with E-state index in [0.29, 0.717) is 41.1 Å². The number of aromatic nitrogens is 1. The van der Waals surface area contributed by atoms with Crippen LogP contribution in [0.4, 0.5) is 5.82 Å². The number of carbonyl (C=O) groups is 1. The Kier molecular flexibility index (Phi) is 7.65. The first-order valence-corrected chi connectivity index (χ1v) is 12.9. The van der Waals surface area contributed by atoms with Gasteiger partial charge in [-0.25, -0.2) is 4.98 Å². The lowest BCUT2D eigenvalue weighted by atomic mass is 10.1. The maximum absolute atomic E-state index is 13.9. The highest BCUT2D eigenvalue weighted by atomic mass is 35.5. The lowest BCUT2D eigenvalue weighted by Crippen LogP contribution is -2.32. The van der Waals surface area contributed by atoms with Gasteiger partial charge in [0.2, 0.25) is 12.7 Å². The molecule has 202 valence electrons. The van der Waals surface area contributed by atoms with Gasteiger partial charge >= 0.3 is 0 Å². The number of amides is 1. The van der Waals surface area contributed by atoms with Gasteiger partial charge < -0.3 is 28.7 Å². The summed E-state index contributed by atoms with van der Waals surface area (Å²) in [6.07, 6.45) is 0.138. The molecule has 0 spiro atoms. The van der Waals surface area contributed by atoms with Crippen LogP contribution in [-0.4, -0.2) is 50.9 Å². The van der Waals surface area contributed by atoms with Crippen molar-refractivity contribution in [2.24, 2.45) is 0 Å². The van der Waals surface area contributed by atoms with Crippen molar-refractivity contribution in [2.75, 3.05) is 40.0 Å².